The second kappa shape index (κ2) is 7.12. The van der Waals surface area contributed by atoms with Gasteiger partial charge in [-0.25, -0.2) is 8.42 Å². The molecule has 1 N–H and O–H groups in total. The molecule has 2 aromatic rings. The van der Waals surface area contributed by atoms with E-state index in [1.165, 1.54) is 11.6 Å². The maximum Gasteiger partial charge on any atom is 0.253 e. The monoisotopic (exact) mass is 385 g/mol. The number of carbonyl (C=O) groups is 1. The van der Waals surface area contributed by atoms with Crippen molar-refractivity contribution in [2.75, 3.05) is 0 Å². The van der Waals surface area contributed by atoms with E-state index in [1.807, 2.05) is 12.1 Å². The van der Waals surface area contributed by atoms with Crippen LogP contribution in [0.1, 0.15) is 68.1 Å². The fraction of sp³-hybridized carbons (Fsp3) is 0.409. The van der Waals surface area contributed by atoms with Gasteiger partial charge in [-0.15, -0.1) is 0 Å². The molecule has 0 bridgehead atoms. The topological polar surface area (TPSA) is 63.2 Å². The van der Waals surface area contributed by atoms with Crippen LogP contribution in [0.3, 0.4) is 0 Å². The zero-order valence-electron chi connectivity index (χ0n) is 16.3. The molecule has 1 unspecified atom stereocenters. The summed E-state index contributed by atoms with van der Waals surface area (Å²) in [7, 11) is -3.53. The van der Waals surface area contributed by atoms with Crippen molar-refractivity contribution in [1.29, 1.82) is 0 Å². The minimum Gasteiger partial charge on any atom is -0.345 e. The van der Waals surface area contributed by atoms with Crippen LogP contribution in [0.2, 0.25) is 0 Å². The van der Waals surface area contributed by atoms with Crippen molar-refractivity contribution in [3.05, 3.63) is 65.2 Å². The minimum absolute atomic E-state index is 0.0662. The average molecular weight is 386 g/mol. The van der Waals surface area contributed by atoms with Gasteiger partial charge in [-0.2, -0.15) is 0 Å². The smallest absolute Gasteiger partial charge is 0.253 e. The van der Waals surface area contributed by atoms with Crippen LogP contribution < -0.4 is 5.32 Å². The van der Waals surface area contributed by atoms with Gasteiger partial charge in [-0.05, 0) is 55.4 Å². The Bertz CT molecular complexity index is 961. The van der Waals surface area contributed by atoms with E-state index in [0.717, 1.165) is 18.4 Å². The normalized spacial score (nSPS) is 18.8. The molecular formula is C22H27NO3S. The fourth-order valence-electron chi connectivity index (χ4n) is 3.75. The molecule has 1 amide bonds. The molecule has 1 aliphatic carbocycles. The Morgan fingerprint density at radius 3 is 2.41 bits per heavy atom. The van der Waals surface area contributed by atoms with Crippen molar-refractivity contribution in [3.63, 3.8) is 0 Å². The zero-order valence-corrected chi connectivity index (χ0v) is 17.1. The number of benzene rings is 2. The van der Waals surface area contributed by atoms with E-state index in [-0.39, 0.29) is 27.8 Å². The van der Waals surface area contributed by atoms with Gasteiger partial charge in [0.1, 0.15) is 0 Å². The molecule has 0 spiro atoms. The second-order valence-corrected chi connectivity index (χ2v) is 10.6. The number of hydrogen-bond donors (Lipinski definition) is 1. The summed E-state index contributed by atoms with van der Waals surface area (Å²) in [5.74, 6) is -0.339. The van der Waals surface area contributed by atoms with Crippen LogP contribution in [0.15, 0.2) is 53.4 Å². The van der Waals surface area contributed by atoms with Crippen molar-refractivity contribution >= 4 is 15.7 Å². The van der Waals surface area contributed by atoms with Crippen LogP contribution in [0.25, 0.3) is 0 Å². The standard InChI is InChI=1S/C22H27NO3S/c1-15(2)27(25,26)20-12-8-6-10-17(20)21(24)23-19-13-14-22(3,4)18-11-7-5-9-16(18)19/h5-12,15,19H,13-14H2,1-4H3,(H,23,24). The molecule has 0 saturated heterocycles. The lowest BCUT2D eigenvalue weighted by molar-refractivity contribution is 0.0926. The maximum absolute atomic E-state index is 13.0. The van der Waals surface area contributed by atoms with Gasteiger partial charge in [-0.1, -0.05) is 50.2 Å². The van der Waals surface area contributed by atoms with Gasteiger partial charge in [0.25, 0.3) is 5.91 Å². The van der Waals surface area contributed by atoms with Crippen LogP contribution in [0.4, 0.5) is 0 Å². The number of nitrogens with one attached hydrogen (secondary N) is 1. The Kier molecular flexibility index (Phi) is 5.17. The van der Waals surface area contributed by atoms with E-state index in [0.29, 0.717) is 0 Å². The third-order valence-electron chi connectivity index (χ3n) is 5.49. The first-order valence-electron chi connectivity index (χ1n) is 9.38. The summed E-state index contributed by atoms with van der Waals surface area (Å²) in [5, 5.41) is 2.50. The van der Waals surface area contributed by atoms with Crippen molar-refractivity contribution in [1.82, 2.24) is 5.32 Å². The van der Waals surface area contributed by atoms with E-state index in [2.05, 4.69) is 31.3 Å². The number of sulfone groups is 1. The SMILES string of the molecule is CC(C)S(=O)(=O)c1ccccc1C(=O)NC1CCC(C)(C)c2ccccc21. The summed E-state index contributed by atoms with van der Waals surface area (Å²) in [6, 6.07) is 14.5. The highest BCUT2D eigenvalue weighted by atomic mass is 32.2. The predicted octanol–water partition coefficient (Wildman–Crippen LogP) is 4.41. The third kappa shape index (κ3) is 3.65. The summed E-state index contributed by atoms with van der Waals surface area (Å²) >= 11 is 0. The van der Waals surface area contributed by atoms with E-state index in [9.17, 15) is 13.2 Å². The molecule has 1 aliphatic rings. The molecule has 3 rings (SSSR count). The molecule has 1 atom stereocenters. The highest BCUT2D eigenvalue weighted by Gasteiger charge is 2.34. The molecular weight excluding hydrogens is 358 g/mol. The Balaban J connectivity index is 1.94. The van der Waals surface area contributed by atoms with Crippen LogP contribution in [0, 0.1) is 0 Å². The van der Waals surface area contributed by atoms with E-state index >= 15 is 0 Å². The van der Waals surface area contributed by atoms with Crippen molar-refractivity contribution < 1.29 is 13.2 Å². The number of fused-ring (bicyclic) bond motifs is 1. The molecule has 0 fully saturated rings. The van der Waals surface area contributed by atoms with E-state index in [4.69, 9.17) is 0 Å². The third-order valence-corrected chi connectivity index (χ3v) is 7.70. The van der Waals surface area contributed by atoms with Gasteiger partial charge in [0, 0.05) is 0 Å². The zero-order chi connectivity index (χ0) is 19.8. The van der Waals surface area contributed by atoms with Crippen LogP contribution in [0.5, 0.6) is 0 Å². The number of hydrogen-bond acceptors (Lipinski definition) is 3. The largest absolute Gasteiger partial charge is 0.345 e. The molecule has 0 aliphatic heterocycles. The Hall–Kier alpha value is -2.14. The molecule has 0 heterocycles. The number of carbonyl (C=O) groups excluding carboxylic acids is 1. The van der Waals surface area contributed by atoms with E-state index in [1.54, 1.807) is 32.0 Å². The number of rotatable bonds is 4. The highest BCUT2D eigenvalue weighted by molar-refractivity contribution is 7.92. The average Bonchev–Trinajstić information content (AvgIpc) is 2.64. The maximum atomic E-state index is 13.0. The van der Waals surface area contributed by atoms with Gasteiger partial charge < -0.3 is 5.32 Å². The lowest BCUT2D eigenvalue weighted by atomic mass is 9.71. The van der Waals surface area contributed by atoms with Crippen molar-refractivity contribution in [3.8, 4) is 0 Å². The summed E-state index contributed by atoms with van der Waals surface area (Å²) in [4.78, 5) is 13.1. The summed E-state index contributed by atoms with van der Waals surface area (Å²) in [6.07, 6.45) is 1.79. The molecule has 0 radical (unpaired) electrons. The number of amides is 1. The minimum atomic E-state index is -3.53. The van der Waals surface area contributed by atoms with Gasteiger partial charge in [0.05, 0.1) is 21.8 Å². The van der Waals surface area contributed by atoms with E-state index < -0.39 is 15.1 Å². The summed E-state index contributed by atoms with van der Waals surface area (Å²) < 4.78 is 25.3. The molecule has 27 heavy (non-hydrogen) atoms. The van der Waals surface area contributed by atoms with Crippen molar-refractivity contribution in [2.24, 2.45) is 0 Å². The van der Waals surface area contributed by atoms with Crippen LogP contribution in [-0.4, -0.2) is 19.6 Å². The fourth-order valence-corrected chi connectivity index (χ4v) is 5.00. The quantitative estimate of drug-likeness (QED) is 0.848. The van der Waals surface area contributed by atoms with Gasteiger partial charge in [0.2, 0.25) is 0 Å². The van der Waals surface area contributed by atoms with Crippen molar-refractivity contribution in [2.45, 2.75) is 62.1 Å². The second-order valence-electron chi connectivity index (χ2n) is 8.13. The van der Waals surface area contributed by atoms with Gasteiger partial charge in [-0.3, -0.25) is 4.79 Å². The highest BCUT2D eigenvalue weighted by Crippen LogP contribution is 2.41. The Labute approximate surface area is 161 Å². The van der Waals surface area contributed by atoms with Crippen LogP contribution in [-0.2, 0) is 15.3 Å². The first-order valence-corrected chi connectivity index (χ1v) is 10.9. The molecule has 4 nitrogen and oxygen atoms in total. The molecule has 2 aromatic carbocycles. The summed E-state index contributed by atoms with van der Waals surface area (Å²) in [5.41, 5.74) is 2.64. The molecule has 0 aromatic heterocycles. The van der Waals surface area contributed by atoms with Gasteiger partial charge >= 0.3 is 0 Å². The molecule has 5 heteroatoms. The molecule has 0 saturated carbocycles. The Morgan fingerprint density at radius 2 is 1.70 bits per heavy atom. The summed E-state index contributed by atoms with van der Waals surface area (Å²) in [6.45, 7) is 7.69. The predicted molar refractivity (Wildman–Crippen MR) is 108 cm³/mol. The lowest BCUT2D eigenvalue weighted by Gasteiger charge is -2.37. The van der Waals surface area contributed by atoms with Crippen LogP contribution >= 0.6 is 0 Å². The Morgan fingerprint density at radius 1 is 1.07 bits per heavy atom. The lowest BCUT2D eigenvalue weighted by Crippen LogP contribution is -2.36. The molecule has 144 valence electrons. The van der Waals surface area contributed by atoms with Gasteiger partial charge in [0.15, 0.2) is 9.84 Å². The first-order chi connectivity index (χ1) is 12.6. The first kappa shape index (κ1) is 19.6.